The number of rotatable bonds is 4. The number of carbonyl (C=O) groups excluding carboxylic acids is 1. The van der Waals surface area contributed by atoms with Crippen LogP contribution in [0.5, 0.6) is 0 Å². The van der Waals surface area contributed by atoms with Crippen LogP contribution in [0.25, 0.3) is 0 Å². The molecule has 2 aromatic carbocycles. The number of likely N-dealkylation sites (tertiary alicyclic amines) is 1. The molecule has 1 aliphatic heterocycles. The molecule has 1 heterocycles. The van der Waals surface area contributed by atoms with Gasteiger partial charge in [0.15, 0.2) is 11.6 Å². The van der Waals surface area contributed by atoms with Gasteiger partial charge in [-0.1, -0.05) is 30.3 Å². The minimum Gasteiger partial charge on any atom is -0.326 e. The highest BCUT2D eigenvalue weighted by molar-refractivity contribution is 5.95. The van der Waals surface area contributed by atoms with Gasteiger partial charge < -0.3 is 5.32 Å². The van der Waals surface area contributed by atoms with E-state index in [1.165, 1.54) is 11.6 Å². The molecule has 3 nitrogen and oxygen atoms in total. The fourth-order valence-electron chi connectivity index (χ4n) is 4.07. The van der Waals surface area contributed by atoms with Crippen molar-refractivity contribution < 1.29 is 13.6 Å². The van der Waals surface area contributed by atoms with Crippen LogP contribution in [0.3, 0.4) is 0 Å². The zero-order valence-corrected chi connectivity index (χ0v) is 14.6. The Balaban J connectivity index is 1.30. The van der Waals surface area contributed by atoms with Gasteiger partial charge in [0.25, 0.3) is 0 Å². The molecule has 2 aliphatic rings. The zero-order valence-electron chi connectivity index (χ0n) is 14.6. The van der Waals surface area contributed by atoms with Crippen LogP contribution >= 0.6 is 0 Å². The third kappa shape index (κ3) is 3.49. The summed E-state index contributed by atoms with van der Waals surface area (Å²) in [5.74, 6) is -1.94. The number of amides is 1. The van der Waals surface area contributed by atoms with Crippen molar-refractivity contribution in [2.24, 2.45) is 11.3 Å². The molecule has 1 N–H and O–H groups in total. The lowest BCUT2D eigenvalue weighted by molar-refractivity contribution is -0.118. The van der Waals surface area contributed by atoms with Crippen molar-refractivity contribution in [3.8, 4) is 0 Å². The molecule has 5 heteroatoms. The minimum absolute atomic E-state index is 0.0190. The van der Waals surface area contributed by atoms with Crippen LogP contribution in [0.15, 0.2) is 48.5 Å². The van der Waals surface area contributed by atoms with Crippen molar-refractivity contribution in [2.75, 3.05) is 18.4 Å². The molecule has 1 amide bonds. The van der Waals surface area contributed by atoms with Gasteiger partial charge in [0.05, 0.1) is 0 Å². The van der Waals surface area contributed by atoms with E-state index in [0.717, 1.165) is 51.0 Å². The number of nitrogens with one attached hydrogen (secondary N) is 1. The highest BCUT2D eigenvalue weighted by atomic mass is 19.2. The highest BCUT2D eigenvalue weighted by Crippen LogP contribution is 2.59. The molecule has 2 fully saturated rings. The molecular formula is C21H22F2N2O. The average molecular weight is 356 g/mol. The number of carbonyl (C=O) groups is 1. The van der Waals surface area contributed by atoms with Gasteiger partial charge in [0.2, 0.25) is 5.91 Å². The molecule has 136 valence electrons. The number of nitrogens with zero attached hydrogens (tertiary/aromatic N) is 1. The van der Waals surface area contributed by atoms with Crippen LogP contribution in [0.4, 0.5) is 14.5 Å². The van der Waals surface area contributed by atoms with E-state index >= 15 is 0 Å². The van der Waals surface area contributed by atoms with Gasteiger partial charge in [-0.25, -0.2) is 8.78 Å². The summed E-state index contributed by atoms with van der Waals surface area (Å²) in [6.07, 6.45) is 2.91. The van der Waals surface area contributed by atoms with Crippen molar-refractivity contribution in [1.82, 2.24) is 4.90 Å². The first-order chi connectivity index (χ1) is 12.6. The molecule has 0 radical (unpaired) electrons. The number of anilines is 1. The SMILES string of the molecule is O=C(Nc1ccc(F)c(F)c1)[C@H]1CC12CCN(Cc1ccccc1)CC2. The lowest BCUT2D eigenvalue weighted by atomic mass is 9.90. The Labute approximate surface area is 152 Å². The first-order valence-electron chi connectivity index (χ1n) is 9.08. The van der Waals surface area contributed by atoms with Gasteiger partial charge in [0.1, 0.15) is 0 Å². The van der Waals surface area contributed by atoms with E-state index in [2.05, 4.69) is 34.5 Å². The van der Waals surface area contributed by atoms with Gasteiger partial charge in [-0.15, -0.1) is 0 Å². The van der Waals surface area contributed by atoms with Crippen molar-refractivity contribution >= 4 is 11.6 Å². The van der Waals surface area contributed by atoms with Crippen LogP contribution in [0, 0.1) is 23.0 Å². The van der Waals surface area contributed by atoms with E-state index in [4.69, 9.17) is 0 Å². The van der Waals surface area contributed by atoms with Crippen LogP contribution in [0.2, 0.25) is 0 Å². The van der Waals surface area contributed by atoms with Crippen molar-refractivity contribution in [3.05, 3.63) is 65.7 Å². The lowest BCUT2D eigenvalue weighted by Gasteiger charge is -2.32. The van der Waals surface area contributed by atoms with Crippen LogP contribution in [0.1, 0.15) is 24.8 Å². The van der Waals surface area contributed by atoms with Gasteiger partial charge in [-0.3, -0.25) is 9.69 Å². The number of benzene rings is 2. The molecule has 1 saturated heterocycles. The van der Waals surface area contributed by atoms with E-state index < -0.39 is 11.6 Å². The molecule has 1 atom stereocenters. The van der Waals surface area contributed by atoms with Crippen LogP contribution in [-0.2, 0) is 11.3 Å². The first-order valence-corrected chi connectivity index (χ1v) is 9.08. The first kappa shape index (κ1) is 17.2. The maximum absolute atomic E-state index is 13.3. The Morgan fingerprint density at radius 1 is 1.08 bits per heavy atom. The molecule has 2 aromatic rings. The van der Waals surface area contributed by atoms with E-state index in [1.54, 1.807) is 0 Å². The molecule has 1 aliphatic carbocycles. The molecular weight excluding hydrogens is 334 g/mol. The summed E-state index contributed by atoms with van der Waals surface area (Å²) in [5, 5.41) is 2.74. The standard InChI is InChI=1S/C21H22F2N2O/c22-18-7-6-16(12-19(18)23)24-20(26)17-13-21(17)8-10-25(11-9-21)14-15-4-2-1-3-5-15/h1-7,12,17H,8-11,13-14H2,(H,24,26)/t17-/m1/s1. The van der Waals surface area contributed by atoms with Crippen LogP contribution < -0.4 is 5.32 Å². The molecule has 1 saturated carbocycles. The summed E-state index contributed by atoms with van der Waals surface area (Å²) in [6.45, 7) is 2.93. The van der Waals surface area contributed by atoms with Gasteiger partial charge in [-0.05, 0) is 55.5 Å². The fraction of sp³-hybridized carbons (Fsp3) is 0.381. The molecule has 26 heavy (non-hydrogen) atoms. The normalized spacial score (nSPS) is 21.5. The van der Waals surface area contributed by atoms with E-state index in [-0.39, 0.29) is 17.2 Å². The van der Waals surface area contributed by atoms with E-state index in [1.807, 2.05) is 6.07 Å². The number of piperidine rings is 1. The van der Waals surface area contributed by atoms with Crippen molar-refractivity contribution in [2.45, 2.75) is 25.8 Å². The fourth-order valence-corrected chi connectivity index (χ4v) is 4.07. The largest absolute Gasteiger partial charge is 0.326 e. The lowest BCUT2D eigenvalue weighted by Crippen LogP contribution is -2.35. The van der Waals surface area contributed by atoms with Crippen molar-refractivity contribution in [1.29, 1.82) is 0 Å². The number of hydrogen-bond acceptors (Lipinski definition) is 2. The molecule has 4 rings (SSSR count). The van der Waals surface area contributed by atoms with E-state index in [9.17, 15) is 13.6 Å². The minimum atomic E-state index is -0.942. The Bertz CT molecular complexity index is 801. The van der Waals surface area contributed by atoms with Crippen LogP contribution in [-0.4, -0.2) is 23.9 Å². The molecule has 0 aromatic heterocycles. The third-order valence-corrected chi connectivity index (χ3v) is 5.79. The summed E-state index contributed by atoms with van der Waals surface area (Å²) < 4.78 is 26.3. The van der Waals surface area contributed by atoms with Gasteiger partial charge in [0, 0.05) is 24.2 Å². The van der Waals surface area contributed by atoms with E-state index in [0.29, 0.717) is 5.69 Å². The summed E-state index contributed by atoms with van der Waals surface area (Å²) in [5.41, 5.74) is 1.72. The maximum Gasteiger partial charge on any atom is 0.228 e. The van der Waals surface area contributed by atoms with Gasteiger partial charge >= 0.3 is 0 Å². The summed E-state index contributed by atoms with van der Waals surface area (Å²) >= 11 is 0. The quantitative estimate of drug-likeness (QED) is 0.890. The Morgan fingerprint density at radius 2 is 1.81 bits per heavy atom. The van der Waals surface area contributed by atoms with Crippen molar-refractivity contribution in [3.63, 3.8) is 0 Å². The second-order valence-electron chi connectivity index (χ2n) is 7.50. The second-order valence-corrected chi connectivity index (χ2v) is 7.50. The topological polar surface area (TPSA) is 32.3 Å². The molecule has 1 spiro atoms. The monoisotopic (exact) mass is 356 g/mol. The Morgan fingerprint density at radius 3 is 2.50 bits per heavy atom. The summed E-state index contributed by atoms with van der Waals surface area (Å²) in [7, 11) is 0. The third-order valence-electron chi connectivity index (χ3n) is 5.79. The second kappa shape index (κ2) is 6.80. The molecule has 0 bridgehead atoms. The maximum atomic E-state index is 13.3. The summed E-state index contributed by atoms with van der Waals surface area (Å²) in [6, 6.07) is 13.9. The Hall–Kier alpha value is -2.27. The highest BCUT2D eigenvalue weighted by Gasteiger charge is 2.58. The van der Waals surface area contributed by atoms with Gasteiger partial charge in [-0.2, -0.15) is 0 Å². The average Bonchev–Trinajstić information content (AvgIpc) is 3.35. The smallest absolute Gasteiger partial charge is 0.228 e. The zero-order chi connectivity index (χ0) is 18.1. The number of hydrogen-bond donors (Lipinski definition) is 1. The predicted octanol–water partition coefficient (Wildman–Crippen LogP) is 4.21. The predicted molar refractivity (Wildman–Crippen MR) is 96.5 cm³/mol. The molecule has 0 unspecified atom stereocenters. The summed E-state index contributed by atoms with van der Waals surface area (Å²) in [4.78, 5) is 14.9. The Kier molecular flexibility index (Phi) is 4.49. The number of halogens is 2.